The van der Waals surface area contributed by atoms with Crippen LogP contribution >= 0.6 is 0 Å². The minimum Gasteiger partial charge on any atom is -0.301 e. The van der Waals surface area contributed by atoms with Crippen LogP contribution in [0.25, 0.3) is 0 Å². The van der Waals surface area contributed by atoms with Crippen LogP contribution in [0.3, 0.4) is 0 Å². The van der Waals surface area contributed by atoms with Gasteiger partial charge in [0, 0.05) is 12.3 Å². The second-order valence-electron chi connectivity index (χ2n) is 3.84. The van der Waals surface area contributed by atoms with Crippen molar-refractivity contribution in [3.8, 4) is 0 Å². The van der Waals surface area contributed by atoms with Crippen molar-refractivity contribution in [2.45, 2.75) is 12.7 Å². The number of carbonyl (C=O) groups is 1. The van der Waals surface area contributed by atoms with E-state index in [0.717, 1.165) is 5.56 Å². The first-order chi connectivity index (χ1) is 8.95. The number of rotatable bonds is 3. The van der Waals surface area contributed by atoms with Gasteiger partial charge in [-0.15, -0.1) is 0 Å². The Hall–Kier alpha value is -2.31. The molecule has 2 rings (SSSR count). The molecule has 0 aliphatic heterocycles. The summed E-state index contributed by atoms with van der Waals surface area (Å²) in [5.41, 5.74) is 0.958. The molecule has 1 aromatic heterocycles. The maximum Gasteiger partial charge on any atom is 0.471 e. The van der Waals surface area contributed by atoms with Crippen molar-refractivity contribution in [3.63, 3.8) is 0 Å². The molecule has 0 spiro atoms. The van der Waals surface area contributed by atoms with Crippen molar-refractivity contribution in [2.75, 3.05) is 5.32 Å². The van der Waals surface area contributed by atoms with E-state index in [-0.39, 0.29) is 5.82 Å². The molecule has 0 bridgehead atoms. The van der Waals surface area contributed by atoms with Crippen molar-refractivity contribution in [2.24, 2.45) is 0 Å². The van der Waals surface area contributed by atoms with Crippen LogP contribution in [0.5, 0.6) is 0 Å². The Morgan fingerprint density at radius 1 is 1.21 bits per heavy atom. The molecule has 0 radical (unpaired) electrons. The number of halogens is 3. The summed E-state index contributed by atoms with van der Waals surface area (Å²) in [5, 5.41) is 5.54. The van der Waals surface area contributed by atoms with Gasteiger partial charge >= 0.3 is 12.1 Å². The molecule has 1 heterocycles. The first-order valence-electron chi connectivity index (χ1n) is 5.41. The Balaban J connectivity index is 2.02. The fourth-order valence-corrected chi connectivity index (χ4v) is 1.47. The standard InChI is InChI=1S/C12H10F3N3O/c13-12(14,15)11(19)16-10-6-7-18(17-10)8-9-4-2-1-3-5-9/h1-7H,8H2,(H,16,17,19). The van der Waals surface area contributed by atoms with Gasteiger partial charge in [-0.2, -0.15) is 18.3 Å². The SMILES string of the molecule is O=C(Nc1ccn(Cc2ccccc2)n1)C(F)(F)F. The van der Waals surface area contributed by atoms with Gasteiger partial charge in [0.05, 0.1) is 6.54 Å². The van der Waals surface area contributed by atoms with E-state index in [0.29, 0.717) is 6.54 Å². The maximum atomic E-state index is 12.0. The van der Waals surface area contributed by atoms with Crippen LogP contribution in [0.1, 0.15) is 5.56 Å². The molecule has 0 fully saturated rings. The lowest BCUT2D eigenvalue weighted by Gasteiger charge is -2.05. The van der Waals surface area contributed by atoms with E-state index in [1.807, 2.05) is 30.3 Å². The summed E-state index contributed by atoms with van der Waals surface area (Å²) in [6.07, 6.45) is -3.41. The number of alkyl halides is 3. The minimum absolute atomic E-state index is 0.127. The molecular formula is C12H10F3N3O. The van der Waals surface area contributed by atoms with Gasteiger partial charge in [0.25, 0.3) is 0 Å². The van der Waals surface area contributed by atoms with Crippen LogP contribution in [-0.2, 0) is 11.3 Å². The number of hydrogen-bond acceptors (Lipinski definition) is 2. The summed E-state index contributed by atoms with van der Waals surface area (Å²) in [7, 11) is 0. The normalized spacial score (nSPS) is 11.3. The van der Waals surface area contributed by atoms with Crippen LogP contribution in [-0.4, -0.2) is 21.9 Å². The van der Waals surface area contributed by atoms with Crippen LogP contribution in [0.4, 0.5) is 19.0 Å². The average molecular weight is 269 g/mol. The smallest absolute Gasteiger partial charge is 0.301 e. The van der Waals surface area contributed by atoms with Gasteiger partial charge in [0.15, 0.2) is 5.82 Å². The molecule has 1 N–H and O–H groups in total. The zero-order valence-corrected chi connectivity index (χ0v) is 9.69. The molecule has 0 atom stereocenters. The number of amides is 1. The van der Waals surface area contributed by atoms with E-state index < -0.39 is 12.1 Å². The lowest BCUT2D eigenvalue weighted by Crippen LogP contribution is -2.30. The average Bonchev–Trinajstić information content (AvgIpc) is 2.76. The molecule has 100 valence electrons. The van der Waals surface area contributed by atoms with Crippen molar-refractivity contribution in [3.05, 3.63) is 48.2 Å². The lowest BCUT2D eigenvalue weighted by molar-refractivity contribution is -0.167. The second-order valence-corrected chi connectivity index (χ2v) is 3.84. The predicted molar refractivity (Wildman–Crippen MR) is 62.5 cm³/mol. The van der Waals surface area contributed by atoms with Crippen molar-refractivity contribution >= 4 is 11.7 Å². The molecule has 0 aliphatic rings. The molecular weight excluding hydrogens is 259 g/mol. The molecule has 1 amide bonds. The van der Waals surface area contributed by atoms with Gasteiger partial charge in [-0.1, -0.05) is 30.3 Å². The third-order valence-corrected chi connectivity index (χ3v) is 2.33. The number of hydrogen-bond donors (Lipinski definition) is 1. The quantitative estimate of drug-likeness (QED) is 0.930. The van der Waals surface area contributed by atoms with E-state index in [1.165, 1.54) is 16.9 Å². The largest absolute Gasteiger partial charge is 0.471 e. The predicted octanol–water partition coefficient (Wildman–Crippen LogP) is 2.43. The number of benzene rings is 1. The summed E-state index contributed by atoms with van der Waals surface area (Å²) in [6, 6.07) is 10.6. The first kappa shape index (κ1) is 13.1. The Labute approximate surface area is 106 Å². The molecule has 19 heavy (non-hydrogen) atoms. The van der Waals surface area contributed by atoms with E-state index in [2.05, 4.69) is 5.10 Å². The second kappa shape index (κ2) is 5.13. The van der Waals surface area contributed by atoms with Crippen molar-refractivity contribution in [1.82, 2.24) is 9.78 Å². The van der Waals surface area contributed by atoms with Crippen molar-refractivity contribution in [1.29, 1.82) is 0 Å². The first-order valence-corrected chi connectivity index (χ1v) is 5.41. The number of anilines is 1. The number of aromatic nitrogens is 2. The van der Waals surface area contributed by atoms with Crippen LogP contribution < -0.4 is 5.32 Å². The molecule has 2 aromatic rings. The zero-order chi connectivity index (χ0) is 13.9. The monoisotopic (exact) mass is 269 g/mol. The van der Waals surface area contributed by atoms with Crippen LogP contribution in [0.15, 0.2) is 42.6 Å². The van der Waals surface area contributed by atoms with Gasteiger partial charge in [-0.3, -0.25) is 9.48 Å². The number of nitrogens with zero attached hydrogens (tertiary/aromatic N) is 2. The highest BCUT2D eigenvalue weighted by molar-refractivity contribution is 5.94. The third-order valence-electron chi connectivity index (χ3n) is 2.33. The topological polar surface area (TPSA) is 46.9 Å². The maximum absolute atomic E-state index is 12.0. The Bertz CT molecular complexity index is 563. The van der Waals surface area contributed by atoms with Gasteiger partial charge in [0.1, 0.15) is 0 Å². The Morgan fingerprint density at radius 3 is 2.53 bits per heavy atom. The van der Waals surface area contributed by atoms with E-state index in [1.54, 1.807) is 5.32 Å². The van der Waals surface area contributed by atoms with Gasteiger partial charge in [-0.05, 0) is 5.56 Å². The highest BCUT2D eigenvalue weighted by Crippen LogP contribution is 2.17. The fourth-order valence-electron chi connectivity index (χ4n) is 1.47. The minimum atomic E-state index is -4.91. The molecule has 0 saturated carbocycles. The summed E-state index contributed by atoms with van der Waals surface area (Å²) < 4.78 is 37.6. The molecule has 0 unspecified atom stereocenters. The summed E-state index contributed by atoms with van der Waals surface area (Å²) in [6.45, 7) is 0.419. The van der Waals surface area contributed by atoms with Gasteiger partial charge < -0.3 is 5.32 Å². The van der Waals surface area contributed by atoms with Gasteiger partial charge in [0.2, 0.25) is 0 Å². The molecule has 7 heteroatoms. The fraction of sp³-hybridized carbons (Fsp3) is 0.167. The van der Waals surface area contributed by atoms with Crippen LogP contribution in [0, 0.1) is 0 Å². The summed E-state index contributed by atoms with van der Waals surface area (Å²) in [5.74, 6) is -2.16. The lowest BCUT2D eigenvalue weighted by atomic mass is 10.2. The summed E-state index contributed by atoms with van der Waals surface area (Å²) in [4.78, 5) is 10.7. The zero-order valence-electron chi connectivity index (χ0n) is 9.69. The Kier molecular flexibility index (Phi) is 3.55. The highest BCUT2D eigenvalue weighted by atomic mass is 19.4. The Morgan fingerprint density at radius 2 is 1.89 bits per heavy atom. The molecule has 1 aromatic carbocycles. The van der Waals surface area contributed by atoms with E-state index in [9.17, 15) is 18.0 Å². The molecule has 0 aliphatic carbocycles. The van der Waals surface area contributed by atoms with E-state index >= 15 is 0 Å². The summed E-state index contributed by atoms with van der Waals surface area (Å²) >= 11 is 0. The van der Waals surface area contributed by atoms with Crippen molar-refractivity contribution < 1.29 is 18.0 Å². The molecule has 4 nitrogen and oxygen atoms in total. The number of nitrogens with one attached hydrogen (secondary N) is 1. The van der Waals surface area contributed by atoms with E-state index in [4.69, 9.17) is 0 Å². The highest BCUT2D eigenvalue weighted by Gasteiger charge is 2.39. The van der Waals surface area contributed by atoms with Crippen LogP contribution in [0.2, 0.25) is 0 Å². The molecule has 0 saturated heterocycles. The third kappa shape index (κ3) is 3.57. The number of carbonyl (C=O) groups excluding carboxylic acids is 1. The van der Waals surface area contributed by atoms with Gasteiger partial charge in [-0.25, -0.2) is 0 Å².